The smallest absolute Gasteiger partial charge is 0.243 e. The summed E-state index contributed by atoms with van der Waals surface area (Å²) in [6.45, 7) is 6.75. The van der Waals surface area contributed by atoms with Gasteiger partial charge >= 0.3 is 0 Å². The summed E-state index contributed by atoms with van der Waals surface area (Å²) in [5, 5.41) is 5.11. The Hall–Kier alpha value is -1.24. The van der Waals surface area contributed by atoms with Gasteiger partial charge in [0.05, 0.1) is 0 Å². The van der Waals surface area contributed by atoms with Crippen molar-refractivity contribution in [2.45, 2.75) is 33.2 Å². The van der Waals surface area contributed by atoms with Crippen molar-refractivity contribution in [3.63, 3.8) is 0 Å². The molecule has 0 aromatic heterocycles. The normalized spacial score (nSPS) is 11.6. The summed E-state index contributed by atoms with van der Waals surface area (Å²) in [6, 6.07) is -0.663. The molecule has 1 unspecified atom stereocenters. The van der Waals surface area contributed by atoms with Gasteiger partial charge in [-0.05, 0) is 13.8 Å². The molecular weight excluding hydrogens is 266 g/mol. The summed E-state index contributed by atoms with van der Waals surface area (Å²) in [7, 11) is 0. The molecule has 0 spiro atoms. The van der Waals surface area contributed by atoms with E-state index in [4.69, 9.17) is 0 Å². The third kappa shape index (κ3) is 7.05. The number of nitrogens with zero attached hydrogens (tertiary/aromatic N) is 1. The van der Waals surface area contributed by atoms with Gasteiger partial charge in [0.25, 0.3) is 0 Å². The lowest BCUT2D eigenvalue weighted by atomic mass is 10.3. The van der Waals surface area contributed by atoms with Gasteiger partial charge in [-0.25, -0.2) is 0 Å². The van der Waals surface area contributed by atoms with E-state index in [-0.39, 0.29) is 36.4 Å². The monoisotopic (exact) mass is 289 g/mol. The molecule has 3 amide bonds. The summed E-state index contributed by atoms with van der Waals surface area (Å²) in [4.78, 5) is 36.0. The van der Waals surface area contributed by atoms with E-state index in [2.05, 4.69) is 23.3 Å². The minimum Gasteiger partial charge on any atom is -0.354 e. The number of hydrogen-bond donors (Lipinski definition) is 3. The standard InChI is InChI=1S/C12H23N3O3S/c1-4-15(5-2)11(17)6-7-13-12(18)10(8-19)14-9(3)16/h10,19H,4-8H2,1-3H3,(H,13,18)(H,14,16). The van der Waals surface area contributed by atoms with E-state index in [1.54, 1.807) is 4.90 Å². The van der Waals surface area contributed by atoms with Gasteiger partial charge < -0.3 is 15.5 Å². The Labute approximate surface area is 119 Å². The van der Waals surface area contributed by atoms with E-state index >= 15 is 0 Å². The molecule has 0 bridgehead atoms. The molecule has 7 heteroatoms. The Balaban J connectivity index is 4.08. The van der Waals surface area contributed by atoms with Crippen molar-refractivity contribution in [3.8, 4) is 0 Å². The van der Waals surface area contributed by atoms with E-state index in [1.807, 2.05) is 13.8 Å². The third-order valence-corrected chi connectivity index (χ3v) is 3.00. The first kappa shape index (κ1) is 17.8. The summed E-state index contributed by atoms with van der Waals surface area (Å²) < 4.78 is 0. The Bertz CT molecular complexity index is 319. The molecule has 1 atom stereocenters. The van der Waals surface area contributed by atoms with Crippen LogP contribution in [0.15, 0.2) is 0 Å². The molecule has 0 aliphatic heterocycles. The molecule has 0 heterocycles. The molecule has 0 saturated carbocycles. The van der Waals surface area contributed by atoms with Crippen LogP contribution in [0.2, 0.25) is 0 Å². The van der Waals surface area contributed by atoms with Crippen molar-refractivity contribution in [1.29, 1.82) is 0 Å². The van der Waals surface area contributed by atoms with E-state index in [0.717, 1.165) is 0 Å². The molecule has 0 aliphatic carbocycles. The second-order valence-electron chi connectivity index (χ2n) is 4.04. The second-order valence-corrected chi connectivity index (χ2v) is 4.41. The first-order chi connectivity index (χ1) is 8.96. The molecule has 0 aromatic carbocycles. The molecule has 0 rings (SSSR count). The van der Waals surface area contributed by atoms with Crippen LogP contribution in [0, 0.1) is 0 Å². The average Bonchev–Trinajstić information content (AvgIpc) is 2.36. The highest BCUT2D eigenvalue weighted by Gasteiger charge is 2.17. The van der Waals surface area contributed by atoms with Crippen LogP contribution >= 0.6 is 12.6 Å². The van der Waals surface area contributed by atoms with Crippen LogP contribution in [0.3, 0.4) is 0 Å². The number of hydrogen-bond acceptors (Lipinski definition) is 4. The Morgan fingerprint density at radius 3 is 2.21 bits per heavy atom. The molecule has 0 radical (unpaired) electrons. The highest BCUT2D eigenvalue weighted by molar-refractivity contribution is 7.80. The predicted molar refractivity (Wildman–Crippen MR) is 77.0 cm³/mol. The number of carbonyl (C=O) groups excluding carboxylic acids is 3. The number of rotatable bonds is 8. The molecule has 0 aliphatic rings. The maximum atomic E-state index is 11.7. The van der Waals surface area contributed by atoms with Crippen LogP contribution < -0.4 is 10.6 Å². The van der Waals surface area contributed by atoms with Gasteiger partial charge in [0.2, 0.25) is 17.7 Å². The maximum Gasteiger partial charge on any atom is 0.243 e. The molecule has 0 aromatic rings. The predicted octanol–water partition coefficient (Wildman–Crippen LogP) is -0.204. The highest BCUT2D eigenvalue weighted by Crippen LogP contribution is 1.94. The zero-order chi connectivity index (χ0) is 14.8. The average molecular weight is 289 g/mol. The molecule has 0 fully saturated rings. The van der Waals surface area contributed by atoms with Crippen LogP contribution in [0.5, 0.6) is 0 Å². The van der Waals surface area contributed by atoms with E-state index in [0.29, 0.717) is 13.1 Å². The van der Waals surface area contributed by atoms with Crippen molar-refractivity contribution in [2.75, 3.05) is 25.4 Å². The zero-order valence-corrected chi connectivity index (χ0v) is 12.6. The van der Waals surface area contributed by atoms with Gasteiger partial charge in [0.1, 0.15) is 6.04 Å². The second kappa shape index (κ2) is 9.66. The maximum absolute atomic E-state index is 11.7. The lowest BCUT2D eigenvalue weighted by Gasteiger charge is -2.19. The van der Waals surface area contributed by atoms with Crippen LogP contribution in [-0.4, -0.2) is 54.1 Å². The first-order valence-corrected chi connectivity index (χ1v) is 7.02. The van der Waals surface area contributed by atoms with Crippen molar-refractivity contribution in [3.05, 3.63) is 0 Å². The van der Waals surface area contributed by atoms with Crippen LogP contribution in [-0.2, 0) is 14.4 Å². The Kier molecular flexibility index (Phi) is 9.03. The van der Waals surface area contributed by atoms with E-state index in [9.17, 15) is 14.4 Å². The third-order valence-electron chi connectivity index (χ3n) is 2.63. The summed E-state index contributed by atoms with van der Waals surface area (Å²) in [5.74, 6) is -0.381. The van der Waals surface area contributed by atoms with Gasteiger partial charge in [-0.3, -0.25) is 14.4 Å². The lowest BCUT2D eigenvalue weighted by molar-refractivity contribution is -0.131. The van der Waals surface area contributed by atoms with E-state index < -0.39 is 6.04 Å². The fourth-order valence-corrected chi connectivity index (χ4v) is 1.85. The Morgan fingerprint density at radius 2 is 1.79 bits per heavy atom. The van der Waals surface area contributed by atoms with Crippen LogP contribution in [0.4, 0.5) is 0 Å². The van der Waals surface area contributed by atoms with Crippen molar-refractivity contribution >= 4 is 30.4 Å². The molecule has 2 N–H and O–H groups in total. The van der Waals surface area contributed by atoms with Gasteiger partial charge in [0.15, 0.2) is 0 Å². The molecule has 110 valence electrons. The lowest BCUT2D eigenvalue weighted by Crippen LogP contribution is -2.48. The fraction of sp³-hybridized carbons (Fsp3) is 0.750. The topological polar surface area (TPSA) is 78.5 Å². The number of thiol groups is 1. The molecular formula is C12H23N3O3S. The Morgan fingerprint density at radius 1 is 1.21 bits per heavy atom. The number of carbonyl (C=O) groups is 3. The van der Waals surface area contributed by atoms with Crippen LogP contribution in [0.25, 0.3) is 0 Å². The van der Waals surface area contributed by atoms with Crippen molar-refractivity contribution < 1.29 is 14.4 Å². The summed E-state index contributed by atoms with van der Waals surface area (Å²) in [5.41, 5.74) is 0. The largest absolute Gasteiger partial charge is 0.354 e. The van der Waals surface area contributed by atoms with Crippen LogP contribution in [0.1, 0.15) is 27.2 Å². The minimum absolute atomic E-state index is 0.00671. The quantitative estimate of drug-likeness (QED) is 0.541. The number of amides is 3. The van der Waals surface area contributed by atoms with Gasteiger partial charge in [0, 0.05) is 38.7 Å². The first-order valence-electron chi connectivity index (χ1n) is 6.39. The molecule has 6 nitrogen and oxygen atoms in total. The molecule has 0 saturated heterocycles. The summed E-state index contributed by atoms with van der Waals surface area (Å²) in [6.07, 6.45) is 0.257. The highest BCUT2D eigenvalue weighted by atomic mass is 32.1. The molecule has 19 heavy (non-hydrogen) atoms. The fourth-order valence-electron chi connectivity index (χ4n) is 1.59. The number of nitrogens with one attached hydrogen (secondary N) is 2. The van der Waals surface area contributed by atoms with Gasteiger partial charge in [-0.15, -0.1) is 0 Å². The zero-order valence-electron chi connectivity index (χ0n) is 11.7. The van der Waals surface area contributed by atoms with E-state index in [1.165, 1.54) is 6.92 Å². The van der Waals surface area contributed by atoms with Gasteiger partial charge in [-0.2, -0.15) is 12.6 Å². The van der Waals surface area contributed by atoms with Gasteiger partial charge in [-0.1, -0.05) is 0 Å². The summed E-state index contributed by atoms with van der Waals surface area (Å²) >= 11 is 4.00. The minimum atomic E-state index is -0.663. The van der Waals surface area contributed by atoms with Crippen molar-refractivity contribution in [2.24, 2.45) is 0 Å². The van der Waals surface area contributed by atoms with Crippen molar-refractivity contribution in [1.82, 2.24) is 15.5 Å². The SMILES string of the molecule is CCN(CC)C(=O)CCNC(=O)C(CS)NC(C)=O.